The minimum atomic E-state index is -3.89. The van der Waals surface area contributed by atoms with Crippen LogP contribution in [0, 0.1) is 24.1 Å². The number of nitrogens with zero attached hydrogens (tertiary/aromatic N) is 4. The van der Waals surface area contributed by atoms with Gasteiger partial charge in [0.25, 0.3) is 10.0 Å². The largest absolute Gasteiger partial charge is 0.362 e. The number of rotatable bonds is 5. The van der Waals surface area contributed by atoms with Gasteiger partial charge < -0.3 is 4.90 Å². The molecule has 212 valence electrons. The van der Waals surface area contributed by atoms with E-state index in [4.69, 9.17) is 11.6 Å². The van der Waals surface area contributed by atoms with Crippen molar-refractivity contribution in [1.82, 2.24) is 4.90 Å². The zero-order valence-corrected chi connectivity index (χ0v) is 24.7. The van der Waals surface area contributed by atoms with E-state index in [1.165, 1.54) is 10.4 Å². The molecule has 1 atom stereocenters. The third-order valence-electron chi connectivity index (χ3n) is 8.75. The predicted octanol–water partition coefficient (Wildman–Crippen LogP) is 6.49. The van der Waals surface area contributed by atoms with Crippen LogP contribution in [0.25, 0.3) is 11.6 Å². The standard InChI is InChI=1S/C32H32ClFN4O2S/c1-22-6-3-7-26(16-22)41(39,40)38-20-25-19-36(32(21-35)12-5-13-32)14-15-37(25)29-11-10-24(18-30(29)38)17-23(2)31-27(33)8-4-9-28(31)34/h3-4,6-11,16-18,25H,5,12-15,19-20H2,1-2H3/b23-17+/t25-/m0/s1. The molecule has 0 bridgehead atoms. The van der Waals surface area contributed by atoms with Crippen LogP contribution in [0.15, 0.2) is 65.6 Å². The molecule has 0 unspecified atom stereocenters. The van der Waals surface area contributed by atoms with Crippen LogP contribution in [0.5, 0.6) is 0 Å². The summed E-state index contributed by atoms with van der Waals surface area (Å²) in [6.07, 6.45) is 4.60. The Morgan fingerprint density at radius 1 is 1.07 bits per heavy atom. The molecule has 0 N–H and O–H groups in total. The van der Waals surface area contributed by atoms with Gasteiger partial charge in [0.1, 0.15) is 11.4 Å². The third-order valence-corrected chi connectivity index (χ3v) is 10.8. The minimum Gasteiger partial charge on any atom is -0.362 e. The number of benzene rings is 3. The fourth-order valence-corrected chi connectivity index (χ4v) is 8.34. The average molecular weight is 591 g/mol. The highest BCUT2D eigenvalue weighted by molar-refractivity contribution is 7.92. The summed E-state index contributed by atoms with van der Waals surface area (Å²) in [5.41, 5.74) is 3.59. The van der Waals surface area contributed by atoms with Crippen LogP contribution in [-0.2, 0) is 10.0 Å². The Morgan fingerprint density at radius 3 is 2.54 bits per heavy atom. The van der Waals surface area contributed by atoms with Gasteiger partial charge in [-0.05, 0) is 86.2 Å². The Labute approximate surface area is 246 Å². The molecular weight excluding hydrogens is 559 g/mol. The van der Waals surface area contributed by atoms with Crippen molar-refractivity contribution >= 4 is 44.6 Å². The van der Waals surface area contributed by atoms with Crippen molar-refractivity contribution in [2.45, 2.75) is 49.6 Å². The molecular formula is C32H32ClFN4O2S. The predicted molar refractivity (Wildman–Crippen MR) is 162 cm³/mol. The number of hydrogen-bond donors (Lipinski definition) is 0. The molecule has 3 aliphatic rings. The molecule has 1 saturated heterocycles. The van der Waals surface area contributed by atoms with Crippen molar-refractivity contribution in [1.29, 1.82) is 5.26 Å². The van der Waals surface area contributed by atoms with Crippen molar-refractivity contribution < 1.29 is 12.8 Å². The Bertz CT molecular complexity index is 1680. The summed E-state index contributed by atoms with van der Waals surface area (Å²) in [5, 5.41) is 10.3. The maximum absolute atomic E-state index is 14.6. The van der Waals surface area contributed by atoms with Gasteiger partial charge in [-0.2, -0.15) is 5.26 Å². The van der Waals surface area contributed by atoms with Crippen molar-refractivity contribution in [3.63, 3.8) is 0 Å². The van der Waals surface area contributed by atoms with Crippen LogP contribution in [-0.4, -0.2) is 51.1 Å². The van der Waals surface area contributed by atoms with Crippen molar-refractivity contribution in [2.75, 3.05) is 35.4 Å². The lowest BCUT2D eigenvalue weighted by atomic mass is 9.76. The number of fused-ring (bicyclic) bond motifs is 3. The Balaban J connectivity index is 1.43. The summed E-state index contributed by atoms with van der Waals surface area (Å²) in [6.45, 7) is 6.03. The lowest BCUT2D eigenvalue weighted by Crippen LogP contribution is -2.66. The first-order valence-electron chi connectivity index (χ1n) is 13.9. The third kappa shape index (κ3) is 4.80. The molecule has 9 heteroatoms. The SMILES string of the molecule is C/C(=C\c1ccc2c(c1)N(S(=O)(=O)c1cccc(C)c1)C[C@@H]1CN(C3(C#N)CCC3)CCN21)c1c(F)cccc1Cl. The van der Waals surface area contributed by atoms with Gasteiger partial charge in [0.15, 0.2) is 0 Å². The molecule has 0 spiro atoms. The molecule has 0 amide bonds. The quantitative estimate of drug-likeness (QED) is 0.318. The average Bonchev–Trinajstić information content (AvgIpc) is 2.92. The maximum atomic E-state index is 14.6. The molecule has 3 aromatic rings. The summed E-state index contributed by atoms with van der Waals surface area (Å²) in [7, 11) is -3.89. The van der Waals surface area contributed by atoms with Crippen LogP contribution < -0.4 is 9.21 Å². The number of sulfonamides is 1. The topological polar surface area (TPSA) is 67.6 Å². The van der Waals surface area contributed by atoms with E-state index in [2.05, 4.69) is 15.9 Å². The van der Waals surface area contributed by atoms with Gasteiger partial charge in [0.05, 0.1) is 39.9 Å². The smallest absolute Gasteiger partial charge is 0.264 e. The molecule has 2 fully saturated rings. The molecule has 2 heterocycles. The highest BCUT2D eigenvalue weighted by Gasteiger charge is 2.48. The molecule has 0 radical (unpaired) electrons. The van der Waals surface area contributed by atoms with E-state index in [0.717, 1.165) is 42.6 Å². The molecule has 0 aromatic heterocycles. The first-order chi connectivity index (χ1) is 19.6. The summed E-state index contributed by atoms with van der Waals surface area (Å²) in [5.74, 6) is -0.407. The first-order valence-corrected chi connectivity index (χ1v) is 15.7. The molecule has 1 saturated carbocycles. The van der Waals surface area contributed by atoms with Crippen LogP contribution in [0.4, 0.5) is 15.8 Å². The van der Waals surface area contributed by atoms with Gasteiger partial charge in [0, 0.05) is 25.2 Å². The number of anilines is 2. The monoisotopic (exact) mass is 590 g/mol. The van der Waals surface area contributed by atoms with Gasteiger partial charge in [-0.1, -0.05) is 41.9 Å². The zero-order valence-electron chi connectivity index (χ0n) is 23.1. The Morgan fingerprint density at radius 2 is 1.85 bits per heavy atom. The normalized spacial score (nSPS) is 20.6. The second kappa shape index (κ2) is 10.5. The van der Waals surface area contributed by atoms with E-state index in [1.54, 1.807) is 37.3 Å². The molecule has 41 heavy (non-hydrogen) atoms. The second-order valence-electron chi connectivity index (χ2n) is 11.3. The maximum Gasteiger partial charge on any atom is 0.264 e. The zero-order chi connectivity index (χ0) is 28.9. The number of piperazine rings is 1. The van der Waals surface area contributed by atoms with E-state index in [0.29, 0.717) is 34.9 Å². The molecule has 6 rings (SSSR count). The van der Waals surface area contributed by atoms with E-state index < -0.39 is 21.4 Å². The van der Waals surface area contributed by atoms with Gasteiger partial charge >= 0.3 is 0 Å². The Kier molecular flexibility index (Phi) is 7.09. The number of nitriles is 1. The van der Waals surface area contributed by atoms with E-state index in [1.807, 2.05) is 37.3 Å². The Hall–Kier alpha value is -3.38. The van der Waals surface area contributed by atoms with Crippen LogP contribution >= 0.6 is 11.6 Å². The first kappa shape index (κ1) is 27.8. The summed E-state index contributed by atoms with van der Waals surface area (Å²) < 4.78 is 44.5. The number of halogens is 2. The van der Waals surface area contributed by atoms with E-state index in [9.17, 15) is 18.1 Å². The van der Waals surface area contributed by atoms with Gasteiger partial charge in [-0.3, -0.25) is 9.21 Å². The lowest BCUT2D eigenvalue weighted by molar-refractivity contribution is 0.0478. The highest BCUT2D eigenvalue weighted by Crippen LogP contribution is 2.44. The van der Waals surface area contributed by atoms with Crippen molar-refractivity contribution in [2.24, 2.45) is 0 Å². The minimum absolute atomic E-state index is 0.0954. The number of hydrogen-bond acceptors (Lipinski definition) is 5. The highest BCUT2D eigenvalue weighted by atomic mass is 35.5. The summed E-state index contributed by atoms with van der Waals surface area (Å²) in [6, 6.07) is 19.8. The fraction of sp³-hybridized carbons (Fsp3) is 0.344. The summed E-state index contributed by atoms with van der Waals surface area (Å²) >= 11 is 6.32. The molecule has 2 aliphatic heterocycles. The number of aryl methyl sites for hydroxylation is 1. The molecule has 1 aliphatic carbocycles. The van der Waals surface area contributed by atoms with Crippen molar-refractivity contribution in [3.8, 4) is 6.07 Å². The van der Waals surface area contributed by atoms with E-state index >= 15 is 0 Å². The second-order valence-corrected chi connectivity index (χ2v) is 13.6. The summed E-state index contributed by atoms with van der Waals surface area (Å²) in [4.78, 5) is 4.79. The van der Waals surface area contributed by atoms with Crippen LogP contribution in [0.1, 0.15) is 42.9 Å². The fourth-order valence-electron chi connectivity index (χ4n) is 6.42. The van der Waals surface area contributed by atoms with Crippen LogP contribution in [0.2, 0.25) is 5.02 Å². The van der Waals surface area contributed by atoms with Gasteiger partial charge in [-0.25, -0.2) is 12.8 Å². The lowest BCUT2D eigenvalue weighted by Gasteiger charge is -2.54. The van der Waals surface area contributed by atoms with Gasteiger partial charge in [0.2, 0.25) is 0 Å². The van der Waals surface area contributed by atoms with Gasteiger partial charge in [-0.15, -0.1) is 0 Å². The van der Waals surface area contributed by atoms with Crippen molar-refractivity contribution in [3.05, 3.63) is 88.2 Å². The molecule has 6 nitrogen and oxygen atoms in total. The molecule has 3 aromatic carbocycles. The number of allylic oxidation sites excluding steroid dienone is 1. The van der Waals surface area contributed by atoms with E-state index in [-0.39, 0.29) is 17.5 Å². The van der Waals surface area contributed by atoms with Crippen LogP contribution in [0.3, 0.4) is 0 Å².